The Hall–Kier alpha value is -1.88. The third kappa shape index (κ3) is 2.99. The second-order valence-electron chi connectivity index (χ2n) is 4.14. The molecule has 2 aromatic rings. The van der Waals surface area contributed by atoms with E-state index in [1.807, 2.05) is 6.92 Å². The molecule has 0 unspecified atom stereocenters. The van der Waals surface area contributed by atoms with Crippen molar-refractivity contribution in [3.8, 4) is 5.75 Å². The van der Waals surface area contributed by atoms with Gasteiger partial charge in [0.2, 0.25) is 0 Å². The average molecular weight is 338 g/mol. The lowest BCUT2D eigenvalue weighted by Crippen LogP contribution is -2.04. The van der Waals surface area contributed by atoms with Crippen LogP contribution in [0.5, 0.6) is 5.75 Å². The number of anilines is 1. The molecular weight excluding hydrogens is 325 g/mol. The number of nitrogens with two attached hydrogens (primary N) is 1. The van der Waals surface area contributed by atoms with Crippen LogP contribution in [0, 0.1) is 5.82 Å². The van der Waals surface area contributed by atoms with Gasteiger partial charge in [-0.2, -0.15) is 0 Å². The average Bonchev–Trinajstić information content (AvgIpc) is 2.42. The van der Waals surface area contributed by atoms with E-state index in [9.17, 15) is 9.18 Å². The molecule has 0 aliphatic carbocycles. The van der Waals surface area contributed by atoms with Gasteiger partial charge in [-0.25, -0.2) is 4.39 Å². The Balaban J connectivity index is 2.35. The smallest absolute Gasteiger partial charge is 0.194 e. The van der Waals surface area contributed by atoms with Gasteiger partial charge in [-0.15, -0.1) is 0 Å². The Kier molecular flexibility index (Phi) is 4.39. The number of halogens is 2. The Morgan fingerprint density at radius 3 is 2.65 bits per heavy atom. The zero-order valence-electron chi connectivity index (χ0n) is 10.8. The largest absolute Gasteiger partial charge is 0.494 e. The standard InChI is InChI=1S/C15H13BrFNO2/c1-2-20-10-4-5-11(12(16)8-10)15(19)9-3-6-14(18)13(17)7-9/h3-8H,2,18H2,1H3. The zero-order chi connectivity index (χ0) is 14.7. The van der Waals surface area contributed by atoms with E-state index in [0.29, 0.717) is 22.4 Å². The van der Waals surface area contributed by atoms with Crippen molar-refractivity contribution >= 4 is 27.4 Å². The van der Waals surface area contributed by atoms with E-state index in [0.717, 1.165) is 6.07 Å². The molecule has 0 bridgehead atoms. The van der Waals surface area contributed by atoms with Crippen molar-refractivity contribution in [2.24, 2.45) is 0 Å². The van der Waals surface area contributed by atoms with Gasteiger partial charge in [-0.1, -0.05) is 0 Å². The molecule has 3 nitrogen and oxygen atoms in total. The summed E-state index contributed by atoms with van der Waals surface area (Å²) < 4.78 is 19.4. The Morgan fingerprint density at radius 1 is 1.30 bits per heavy atom. The quantitative estimate of drug-likeness (QED) is 0.681. The maximum Gasteiger partial charge on any atom is 0.194 e. The molecule has 0 amide bonds. The maximum absolute atomic E-state index is 13.4. The van der Waals surface area contributed by atoms with Crippen LogP contribution in [0.4, 0.5) is 10.1 Å². The monoisotopic (exact) mass is 337 g/mol. The molecule has 0 saturated carbocycles. The first-order valence-corrected chi connectivity index (χ1v) is 6.84. The van der Waals surface area contributed by atoms with Crippen LogP contribution in [0.2, 0.25) is 0 Å². The molecule has 104 valence electrons. The minimum atomic E-state index is -0.599. The first-order chi connectivity index (χ1) is 9.52. The maximum atomic E-state index is 13.4. The predicted octanol–water partition coefficient (Wildman–Crippen LogP) is 3.80. The lowest BCUT2D eigenvalue weighted by atomic mass is 10.0. The number of hydrogen-bond acceptors (Lipinski definition) is 3. The van der Waals surface area contributed by atoms with E-state index in [2.05, 4.69) is 15.9 Å². The number of rotatable bonds is 4. The molecule has 20 heavy (non-hydrogen) atoms. The van der Waals surface area contributed by atoms with Crippen LogP contribution in [-0.2, 0) is 0 Å². The molecule has 5 heteroatoms. The van der Waals surface area contributed by atoms with Crippen LogP contribution < -0.4 is 10.5 Å². The van der Waals surface area contributed by atoms with Crippen molar-refractivity contribution in [2.75, 3.05) is 12.3 Å². The van der Waals surface area contributed by atoms with Crippen LogP contribution in [0.1, 0.15) is 22.8 Å². The molecule has 0 aromatic heterocycles. The van der Waals surface area contributed by atoms with Crippen LogP contribution in [-0.4, -0.2) is 12.4 Å². The fourth-order valence-corrected chi connectivity index (χ4v) is 2.30. The summed E-state index contributed by atoms with van der Waals surface area (Å²) in [6.45, 7) is 2.42. The van der Waals surface area contributed by atoms with Gasteiger partial charge in [0, 0.05) is 15.6 Å². The van der Waals surface area contributed by atoms with E-state index in [4.69, 9.17) is 10.5 Å². The van der Waals surface area contributed by atoms with E-state index in [1.165, 1.54) is 12.1 Å². The molecule has 0 fully saturated rings. The van der Waals surface area contributed by atoms with Gasteiger partial charge in [0.05, 0.1) is 12.3 Å². The molecule has 0 aliphatic rings. The number of ether oxygens (including phenoxy) is 1. The topological polar surface area (TPSA) is 52.3 Å². The summed E-state index contributed by atoms with van der Waals surface area (Å²) in [7, 11) is 0. The Morgan fingerprint density at radius 2 is 2.05 bits per heavy atom. The summed E-state index contributed by atoms with van der Waals surface area (Å²) in [4.78, 5) is 12.3. The molecule has 2 N–H and O–H groups in total. The van der Waals surface area contributed by atoms with Crippen LogP contribution in [0.3, 0.4) is 0 Å². The Bertz CT molecular complexity index is 658. The molecule has 0 radical (unpaired) electrons. The molecule has 0 spiro atoms. The number of benzene rings is 2. The highest BCUT2D eigenvalue weighted by Gasteiger charge is 2.14. The molecular formula is C15H13BrFNO2. The number of nitrogen functional groups attached to an aromatic ring is 1. The summed E-state index contributed by atoms with van der Waals surface area (Å²) in [5.74, 6) is -0.212. The van der Waals surface area contributed by atoms with Gasteiger partial charge in [-0.05, 0) is 59.3 Å². The molecule has 0 heterocycles. The highest BCUT2D eigenvalue weighted by Crippen LogP contribution is 2.26. The van der Waals surface area contributed by atoms with Crippen molar-refractivity contribution in [1.82, 2.24) is 0 Å². The van der Waals surface area contributed by atoms with E-state index < -0.39 is 5.82 Å². The second-order valence-corrected chi connectivity index (χ2v) is 4.99. The van der Waals surface area contributed by atoms with Gasteiger partial charge in [0.1, 0.15) is 11.6 Å². The normalized spacial score (nSPS) is 10.3. The summed E-state index contributed by atoms with van der Waals surface area (Å²) in [5, 5.41) is 0. The summed E-state index contributed by atoms with van der Waals surface area (Å²) in [5.41, 5.74) is 6.11. The molecule has 0 atom stereocenters. The molecule has 2 rings (SSSR count). The molecule has 0 saturated heterocycles. The minimum absolute atomic E-state index is 0.0207. The highest BCUT2D eigenvalue weighted by molar-refractivity contribution is 9.10. The van der Waals surface area contributed by atoms with E-state index in [1.54, 1.807) is 18.2 Å². The lowest BCUT2D eigenvalue weighted by molar-refractivity contribution is 0.103. The van der Waals surface area contributed by atoms with Crippen molar-refractivity contribution in [3.63, 3.8) is 0 Å². The van der Waals surface area contributed by atoms with Crippen molar-refractivity contribution in [3.05, 3.63) is 57.8 Å². The van der Waals surface area contributed by atoms with Crippen LogP contribution >= 0.6 is 15.9 Å². The van der Waals surface area contributed by atoms with Gasteiger partial charge in [0.15, 0.2) is 5.78 Å². The number of carbonyl (C=O) groups is 1. The zero-order valence-corrected chi connectivity index (χ0v) is 12.4. The third-order valence-electron chi connectivity index (χ3n) is 2.76. The highest BCUT2D eigenvalue weighted by atomic mass is 79.9. The van der Waals surface area contributed by atoms with Crippen molar-refractivity contribution in [1.29, 1.82) is 0 Å². The SMILES string of the molecule is CCOc1ccc(C(=O)c2ccc(N)c(F)c2)c(Br)c1. The molecule has 2 aromatic carbocycles. The summed E-state index contributed by atoms with van der Waals surface area (Å²) >= 11 is 3.33. The van der Waals surface area contributed by atoms with E-state index >= 15 is 0 Å². The van der Waals surface area contributed by atoms with Gasteiger partial charge in [-0.3, -0.25) is 4.79 Å². The number of ketones is 1. The van der Waals surface area contributed by atoms with Gasteiger partial charge >= 0.3 is 0 Å². The third-order valence-corrected chi connectivity index (χ3v) is 3.41. The predicted molar refractivity (Wildman–Crippen MR) is 79.6 cm³/mol. The number of carbonyl (C=O) groups excluding carboxylic acids is 1. The van der Waals surface area contributed by atoms with Crippen LogP contribution in [0.25, 0.3) is 0 Å². The first kappa shape index (κ1) is 14.5. The fourth-order valence-electron chi connectivity index (χ4n) is 1.76. The summed E-state index contributed by atoms with van der Waals surface area (Å²) in [6, 6.07) is 9.08. The summed E-state index contributed by atoms with van der Waals surface area (Å²) in [6.07, 6.45) is 0. The number of hydrogen-bond donors (Lipinski definition) is 1. The second kappa shape index (κ2) is 6.05. The Labute approximate surface area is 124 Å². The van der Waals surface area contributed by atoms with E-state index in [-0.39, 0.29) is 17.0 Å². The van der Waals surface area contributed by atoms with Crippen LogP contribution in [0.15, 0.2) is 40.9 Å². The first-order valence-electron chi connectivity index (χ1n) is 6.05. The van der Waals surface area contributed by atoms with Gasteiger partial charge < -0.3 is 10.5 Å². The fraction of sp³-hybridized carbons (Fsp3) is 0.133. The van der Waals surface area contributed by atoms with Gasteiger partial charge in [0.25, 0.3) is 0 Å². The van der Waals surface area contributed by atoms with Crippen molar-refractivity contribution in [2.45, 2.75) is 6.92 Å². The minimum Gasteiger partial charge on any atom is -0.494 e. The van der Waals surface area contributed by atoms with Crippen molar-refractivity contribution < 1.29 is 13.9 Å². The molecule has 0 aliphatic heterocycles. The lowest BCUT2D eigenvalue weighted by Gasteiger charge is -2.08.